The minimum Gasteiger partial charge on any atom is -0.367 e. The molecule has 0 atom stereocenters. The molecule has 0 unspecified atom stereocenters. The average Bonchev–Trinajstić information content (AvgIpc) is 1.88. The van der Waals surface area contributed by atoms with Gasteiger partial charge in [0.15, 0.2) is 0 Å². The lowest BCUT2D eigenvalue weighted by Crippen LogP contribution is -2.44. The molecule has 0 amide bonds. The smallest absolute Gasteiger partial charge is 0.284 e. The standard InChI is InChI=1S/C5H7ClF2N2/c6-1-4-9-2-5(7,8)3-10-4/h1-3H2,(H,9,10). The fourth-order valence-corrected chi connectivity index (χ4v) is 0.823. The number of alkyl halides is 3. The van der Waals surface area contributed by atoms with Crippen LogP contribution in [0, 0.1) is 0 Å². The van der Waals surface area contributed by atoms with Crippen LogP contribution in [-0.4, -0.2) is 30.7 Å². The monoisotopic (exact) mass is 168 g/mol. The fraction of sp³-hybridized carbons (Fsp3) is 0.800. The number of hydrogen-bond donors (Lipinski definition) is 1. The zero-order valence-corrected chi connectivity index (χ0v) is 5.96. The van der Waals surface area contributed by atoms with E-state index in [4.69, 9.17) is 11.6 Å². The molecule has 0 aromatic carbocycles. The summed E-state index contributed by atoms with van der Waals surface area (Å²) >= 11 is 5.34. The molecule has 1 heterocycles. The SMILES string of the molecule is FC1(F)CN=C(CCl)NC1. The van der Waals surface area contributed by atoms with Gasteiger partial charge in [0.1, 0.15) is 12.4 Å². The van der Waals surface area contributed by atoms with E-state index in [-0.39, 0.29) is 12.4 Å². The number of aliphatic imine (C=N–C) groups is 1. The molecule has 0 fully saturated rings. The molecule has 1 N–H and O–H groups in total. The van der Waals surface area contributed by atoms with Gasteiger partial charge in [0.25, 0.3) is 5.92 Å². The molecule has 2 nitrogen and oxygen atoms in total. The lowest BCUT2D eigenvalue weighted by molar-refractivity contribution is 0.0125. The lowest BCUT2D eigenvalue weighted by atomic mass is 10.3. The second-order valence-electron chi connectivity index (χ2n) is 2.11. The first-order valence-electron chi connectivity index (χ1n) is 2.85. The van der Waals surface area contributed by atoms with Crippen molar-refractivity contribution in [3.05, 3.63) is 0 Å². The molecule has 0 aromatic rings. The number of nitrogens with zero attached hydrogens (tertiary/aromatic N) is 1. The molecule has 58 valence electrons. The van der Waals surface area contributed by atoms with Crippen LogP contribution in [0.1, 0.15) is 0 Å². The first-order valence-corrected chi connectivity index (χ1v) is 3.38. The van der Waals surface area contributed by atoms with Crippen LogP contribution in [0.5, 0.6) is 0 Å². The molecule has 10 heavy (non-hydrogen) atoms. The van der Waals surface area contributed by atoms with Crippen molar-refractivity contribution < 1.29 is 8.78 Å². The van der Waals surface area contributed by atoms with E-state index in [9.17, 15) is 8.78 Å². The van der Waals surface area contributed by atoms with E-state index in [0.29, 0.717) is 5.84 Å². The van der Waals surface area contributed by atoms with Gasteiger partial charge >= 0.3 is 0 Å². The van der Waals surface area contributed by atoms with E-state index in [1.165, 1.54) is 0 Å². The number of rotatable bonds is 1. The van der Waals surface area contributed by atoms with Crippen molar-refractivity contribution >= 4 is 17.4 Å². The molecule has 1 aliphatic rings. The largest absolute Gasteiger partial charge is 0.367 e. The minimum atomic E-state index is -2.70. The second kappa shape index (κ2) is 2.70. The Morgan fingerprint density at radius 1 is 1.70 bits per heavy atom. The highest BCUT2D eigenvalue weighted by Crippen LogP contribution is 2.14. The zero-order valence-electron chi connectivity index (χ0n) is 5.20. The van der Waals surface area contributed by atoms with Gasteiger partial charge in [-0.25, -0.2) is 8.78 Å². The van der Waals surface area contributed by atoms with E-state index >= 15 is 0 Å². The van der Waals surface area contributed by atoms with E-state index in [1.54, 1.807) is 0 Å². The van der Waals surface area contributed by atoms with Gasteiger partial charge in [-0.3, -0.25) is 4.99 Å². The van der Waals surface area contributed by atoms with Crippen LogP contribution in [0.2, 0.25) is 0 Å². The van der Waals surface area contributed by atoms with Gasteiger partial charge in [-0.05, 0) is 0 Å². The average molecular weight is 169 g/mol. The molecule has 1 aliphatic heterocycles. The summed E-state index contributed by atoms with van der Waals surface area (Å²) < 4.78 is 24.6. The highest BCUT2D eigenvalue weighted by molar-refractivity contribution is 6.28. The Kier molecular flexibility index (Phi) is 2.08. The fourth-order valence-electron chi connectivity index (χ4n) is 0.644. The van der Waals surface area contributed by atoms with Crippen molar-refractivity contribution in [2.45, 2.75) is 5.92 Å². The van der Waals surface area contributed by atoms with E-state index < -0.39 is 12.5 Å². The van der Waals surface area contributed by atoms with Gasteiger partial charge < -0.3 is 5.32 Å². The van der Waals surface area contributed by atoms with Crippen molar-refractivity contribution in [1.29, 1.82) is 0 Å². The summed E-state index contributed by atoms with van der Waals surface area (Å²) in [6.45, 7) is -0.791. The van der Waals surface area contributed by atoms with Crippen molar-refractivity contribution in [1.82, 2.24) is 5.32 Å². The third-order valence-corrected chi connectivity index (χ3v) is 1.43. The maximum absolute atomic E-state index is 12.3. The molecule has 5 heteroatoms. The molecule has 0 aromatic heterocycles. The summed E-state index contributed by atoms with van der Waals surface area (Å²) in [5, 5.41) is 2.43. The number of halogens is 3. The molecule has 0 bridgehead atoms. The molecule has 1 rings (SSSR count). The summed E-state index contributed by atoms with van der Waals surface area (Å²) in [6.07, 6.45) is 0. The Hall–Kier alpha value is -0.380. The number of hydrogen-bond acceptors (Lipinski definition) is 2. The van der Waals surface area contributed by atoms with Crippen molar-refractivity contribution in [2.75, 3.05) is 19.0 Å². The van der Waals surface area contributed by atoms with Crippen LogP contribution >= 0.6 is 11.6 Å². The van der Waals surface area contributed by atoms with Gasteiger partial charge in [0.2, 0.25) is 0 Å². The molecule has 0 saturated heterocycles. The van der Waals surface area contributed by atoms with Crippen molar-refractivity contribution in [3.8, 4) is 0 Å². The molecular formula is C5H7ClF2N2. The molecule has 0 radical (unpaired) electrons. The van der Waals surface area contributed by atoms with E-state index in [0.717, 1.165) is 0 Å². The van der Waals surface area contributed by atoms with Crippen molar-refractivity contribution in [3.63, 3.8) is 0 Å². The Morgan fingerprint density at radius 2 is 2.40 bits per heavy atom. The summed E-state index contributed by atoms with van der Waals surface area (Å²) in [5.74, 6) is -2.07. The zero-order chi connectivity index (χ0) is 7.61. The molecule has 0 saturated carbocycles. The van der Waals surface area contributed by atoms with Crippen LogP contribution in [0.4, 0.5) is 8.78 Å². The predicted molar refractivity (Wildman–Crippen MR) is 36.0 cm³/mol. The van der Waals surface area contributed by atoms with Crippen LogP contribution in [0.15, 0.2) is 4.99 Å². The van der Waals surface area contributed by atoms with Gasteiger partial charge in [0.05, 0.1) is 12.4 Å². The van der Waals surface area contributed by atoms with Crippen LogP contribution < -0.4 is 5.32 Å². The first kappa shape index (κ1) is 7.72. The van der Waals surface area contributed by atoms with Gasteiger partial charge in [-0.1, -0.05) is 0 Å². The van der Waals surface area contributed by atoms with E-state index in [2.05, 4.69) is 10.3 Å². The Labute approximate surface area is 62.3 Å². The Bertz CT molecular complexity index is 158. The van der Waals surface area contributed by atoms with Crippen LogP contribution in [-0.2, 0) is 0 Å². The van der Waals surface area contributed by atoms with Crippen LogP contribution in [0.25, 0.3) is 0 Å². The second-order valence-corrected chi connectivity index (χ2v) is 2.37. The van der Waals surface area contributed by atoms with Gasteiger partial charge in [0, 0.05) is 0 Å². The summed E-state index contributed by atoms with van der Waals surface area (Å²) in [7, 11) is 0. The predicted octanol–water partition coefficient (Wildman–Crippen LogP) is 0.862. The minimum absolute atomic E-state index is 0.177. The maximum Gasteiger partial charge on any atom is 0.284 e. The van der Waals surface area contributed by atoms with Gasteiger partial charge in [-0.2, -0.15) is 0 Å². The third-order valence-electron chi connectivity index (χ3n) is 1.18. The lowest BCUT2D eigenvalue weighted by Gasteiger charge is -2.21. The maximum atomic E-state index is 12.3. The normalized spacial score (nSPS) is 23.3. The van der Waals surface area contributed by atoms with Crippen molar-refractivity contribution in [2.24, 2.45) is 4.99 Å². The highest BCUT2D eigenvalue weighted by atomic mass is 35.5. The summed E-state index contributed by atoms with van der Waals surface area (Å²) in [4.78, 5) is 3.52. The highest BCUT2D eigenvalue weighted by Gasteiger charge is 2.31. The topological polar surface area (TPSA) is 24.4 Å². The first-order chi connectivity index (χ1) is 4.64. The Balaban J connectivity index is 2.52. The Morgan fingerprint density at radius 3 is 2.80 bits per heavy atom. The third kappa shape index (κ3) is 1.80. The summed E-state index contributed by atoms with van der Waals surface area (Å²) in [6, 6.07) is 0. The molecule has 0 spiro atoms. The summed E-state index contributed by atoms with van der Waals surface area (Å²) in [5.41, 5.74) is 0. The van der Waals surface area contributed by atoms with Gasteiger partial charge in [-0.15, -0.1) is 11.6 Å². The number of nitrogens with one attached hydrogen (secondary N) is 1. The molecule has 0 aliphatic carbocycles. The molecular weight excluding hydrogens is 162 g/mol. The van der Waals surface area contributed by atoms with Crippen LogP contribution in [0.3, 0.4) is 0 Å². The van der Waals surface area contributed by atoms with E-state index in [1.807, 2.05) is 0 Å². The quantitative estimate of drug-likeness (QED) is 0.577. The number of amidine groups is 1.